The number of ketones is 1. The van der Waals surface area contributed by atoms with Gasteiger partial charge in [0, 0.05) is 17.4 Å². The van der Waals surface area contributed by atoms with E-state index in [1.807, 2.05) is 18.2 Å². The summed E-state index contributed by atoms with van der Waals surface area (Å²) < 4.78 is 6.04. The highest BCUT2D eigenvalue weighted by atomic mass is 16.5. The normalized spacial score (nSPS) is 40.2. The first-order chi connectivity index (χ1) is 7.65. The molecule has 16 heavy (non-hydrogen) atoms. The number of ether oxygens (including phenoxy) is 1. The fraction of sp³-hybridized carbons (Fsp3) is 0.500. The van der Waals surface area contributed by atoms with Gasteiger partial charge in [0.15, 0.2) is 5.78 Å². The summed E-state index contributed by atoms with van der Waals surface area (Å²) in [7, 11) is 0. The van der Waals surface area contributed by atoms with Crippen LogP contribution in [-0.4, -0.2) is 18.0 Å². The van der Waals surface area contributed by atoms with Gasteiger partial charge in [-0.2, -0.15) is 0 Å². The van der Waals surface area contributed by atoms with Gasteiger partial charge in [0.05, 0.1) is 12.2 Å². The van der Waals surface area contributed by atoms with Crippen LogP contribution in [0.15, 0.2) is 36.0 Å². The predicted octanol–water partition coefficient (Wildman–Crippen LogP) is 2.28. The zero-order chi connectivity index (χ0) is 11.3. The van der Waals surface area contributed by atoms with Crippen LogP contribution < -0.4 is 0 Å². The van der Waals surface area contributed by atoms with Crippen LogP contribution in [0.2, 0.25) is 0 Å². The third-order valence-corrected chi connectivity index (χ3v) is 4.09. The van der Waals surface area contributed by atoms with E-state index in [9.17, 15) is 4.79 Å². The first kappa shape index (κ1) is 10.0. The van der Waals surface area contributed by atoms with E-state index in [0.29, 0.717) is 11.8 Å². The summed E-state index contributed by atoms with van der Waals surface area (Å²) in [5, 5.41) is 0. The van der Waals surface area contributed by atoms with Crippen molar-refractivity contribution >= 4 is 5.78 Å². The van der Waals surface area contributed by atoms with Crippen LogP contribution in [0.4, 0.5) is 0 Å². The molecule has 0 amide bonds. The summed E-state index contributed by atoms with van der Waals surface area (Å²) in [6, 6.07) is 0. The lowest BCUT2D eigenvalue weighted by molar-refractivity contribution is -0.113. The van der Waals surface area contributed by atoms with Crippen LogP contribution in [0.5, 0.6) is 0 Å². The zero-order valence-electron chi connectivity index (χ0n) is 9.64. The Kier molecular flexibility index (Phi) is 1.99. The molecule has 84 valence electrons. The molecule has 0 spiro atoms. The Morgan fingerprint density at radius 1 is 1.50 bits per heavy atom. The summed E-state index contributed by atoms with van der Waals surface area (Å²) in [4.78, 5) is 11.9. The van der Waals surface area contributed by atoms with Crippen LogP contribution in [0, 0.1) is 17.8 Å². The standard InChI is InChI=1S/C14H16O2/c1-9(2)14-7-6-12(15)11-5-3-4-10(8-16-14)13(11)14/h3-7,9-10,13H,8H2,1-2H3/t10-,13+,14+/m0/s1. The Labute approximate surface area is 95.7 Å². The molecular weight excluding hydrogens is 200 g/mol. The van der Waals surface area contributed by atoms with E-state index < -0.39 is 0 Å². The minimum absolute atomic E-state index is 0.154. The first-order valence-electron chi connectivity index (χ1n) is 5.91. The highest BCUT2D eigenvalue weighted by Gasteiger charge is 2.54. The van der Waals surface area contributed by atoms with Gasteiger partial charge in [-0.1, -0.05) is 32.1 Å². The van der Waals surface area contributed by atoms with Crippen molar-refractivity contribution in [1.82, 2.24) is 0 Å². The van der Waals surface area contributed by atoms with Crippen LogP contribution in [0.3, 0.4) is 0 Å². The molecule has 2 heteroatoms. The molecule has 2 aliphatic carbocycles. The second-order valence-electron chi connectivity index (χ2n) is 5.17. The van der Waals surface area contributed by atoms with Crippen molar-refractivity contribution in [2.45, 2.75) is 19.4 Å². The Morgan fingerprint density at radius 3 is 3.06 bits per heavy atom. The topological polar surface area (TPSA) is 26.3 Å². The lowest BCUT2D eigenvalue weighted by Gasteiger charge is -2.40. The lowest BCUT2D eigenvalue weighted by Crippen LogP contribution is -2.45. The smallest absolute Gasteiger partial charge is 0.182 e. The van der Waals surface area contributed by atoms with Gasteiger partial charge < -0.3 is 4.74 Å². The van der Waals surface area contributed by atoms with Gasteiger partial charge in [-0.25, -0.2) is 0 Å². The average Bonchev–Trinajstić information content (AvgIpc) is 2.66. The molecule has 0 N–H and O–H groups in total. The number of carbonyl (C=O) groups excluding carboxylic acids is 1. The van der Waals surface area contributed by atoms with E-state index in [-0.39, 0.29) is 17.3 Å². The van der Waals surface area contributed by atoms with Crippen LogP contribution in [0.1, 0.15) is 13.8 Å². The molecule has 0 saturated carbocycles. The molecule has 0 aromatic carbocycles. The predicted molar refractivity (Wildman–Crippen MR) is 61.9 cm³/mol. The maximum atomic E-state index is 11.9. The minimum Gasteiger partial charge on any atom is -0.369 e. The largest absolute Gasteiger partial charge is 0.369 e. The van der Waals surface area contributed by atoms with Crippen molar-refractivity contribution in [3.05, 3.63) is 36.0 Å². The number of hydrogen-bond acceptors (Lipinski definition) is 2. The third kappa shape index (κ3) is 1.08. The summed E-state index contributed by atoms with van der Waals surface area (Å²) in [5.41, 5.74) is 0.677. The highest BCUT2D eigenvalue weighted by Crippen LogP contribution is 2.50. The van der Waals surface area contributed by atoms with E-state index >= 15 is 0 Å². The van der Waals surface area contributed by atoms with Crippen LogP contribution >= 0.6 is 0 Å². The zero-order valence-corrected chi connectivity index (χ0v) is 9.64. The fourth-order valence-electron chi connectivity index (χ4n) is 3.21. The van der Waals surface area contributed by atoms with Gasteiger partial charge in [-0.15, -0.1) is 0 Å². The van der Waals surface area contributed by atoms with Crippen molar-refractivity contribution < 1.29 is 9.53 Å². The van der Waals surface area contributed by atoms with Gasteiger partial charge in [-0.3, -0.25) is 4.79 Å². The number of allylic oxidation sites excluding steroid dienone is 3. The quantitative estimate of drug-likeness (QED) is 0.672. The molecule has 1 fully saturated rings. The highest BCUT2D eigenvalue weighted by molar-refractivity contribution is 6.06. The molecule has 0 unspecified atom stereocenters. The van der Waals surface area contributed by atoms with Crippen LogP contribution in [-0.2, 0) is 9.53 Å². The van der Waals surface area contributed by atoms with Crippen molar-refractivity contribution in [1.29, 1.82) is 0 Å². The number of rotatable bonds is 1. The number of carbonyl (C=O) groups is 1. The van der Waals surface area contributed by atoms with Gasteiger partial charge >= 0.3 is 0 Å². The Morgan fingerprint density at radius 2 is 2.31 bits per heavy atom. The van der Waals surface area contributed by atoms with E-state index in [1.54, 1.807) is 6.08 Å². The van der Waals surface area contributed by atoms with E-state index in [4.69, 9.17) is 4.74 Å². The second kappa shape index (κ2) is 3.17. The van der Waals surface area contributed by atoms with Gasteiger partial charge in [0.2, 0.25) is 0 Å². The molecule has 3 atom stereocenters. The molecule has 1 saturated heterocycles. The summed E-state index contributed by atoms with van der Waals surface area (Å²) >= 11 is 0. The average molecular weight is 216 g/mol. The molecule has 1 aliphatic heterocycles. The second-order valence-corrected chi connectivity index (χ2v) is 5.17. The molecule has 3 rings (SSSR count). The first-order valence-corrected chi connectivity index (χ1v) is 5.91. The number of hydrogen-bond donors (Lipinski definition) is 0. The third-order valence-electron chi connectivity index (χ3n) is 4.09. The Balaban J connectivity index is 2.16. The van der Waals surface area contributed by atoms with Gasteiger partial charge in [0.25, 0.3) is 0 Å². The Bertz CT molecular complexity index is 428. The summed E-state index contributed by atoms with van der Waals surface area (Å²) in [6.07, 6.45) is 9.79. The molecule has 0 aromatic rings. The molecule has 3 aliphatic rings. The molecule has 1 heterocycles. The minimum atomic E-state index is -0.255. The maximum absolute atomic E-state index is 11.9. The maximum Gasteiger partial charge on any atom is 0.182 e. The molecule has 0 bridgehead atoms. The van der Waals surface area contributed by atoms with E-state index in [2.05, 4.69) is 19.9 Å². The molecule has 0 radical (unpaired) electrons. The van der Waals surface area contributed by atoms with Crippen LogP contribution in [0.25, 0.3) is 0 Å². The SMILES string of the molecule is CC(C)[C@@]12C=CC(=O)C3=CC=C[C@@H](CO1)[C@H]32. The van der Waals surface area contributed by atoms with E-state index in [0.717, 1.165) is 12.2 Å². The summed E-state index contributed by atoms with van der Waals surface area (Å²) in [5.74, 6) is 1.15. The molecule has 2 nitrogen and oxygen atoms in total. The molecular formula is C14H16O2. The Hall–Kier alpha value is -1.15. The summed E-state index contributed by atoms with van der Waals surface area (Å²) in [6.45, 7) is 5.06. The fourth-order valence-corrected chi connectivity index (χ4v) is 3.21. The van der Waals surface area contributed by atoms with Crippen molar-refractivity contribution in [3.8, 4) is 0 Å². The molecule has 0 aromatic heterocycles. The van der Waals surface area contributed by atoms with Crippen molar-refractivity contribution in [3.63, 3.8) is 0 Å². The van der Waals surface area contributed by atoms with Gasteiger partial charge in [0.1, 0.15) is 0 Å². The van der Waals surface area contributed by atoms with Crippen molar-refractivity contribution in [2.24, 2.45) is 17.8 Å². The monoisotopic (exact) mass is 216 g/mol. The van der Waals surface area contributed by atoms with E-state index in [1.165, 1.54) is 0 Å². The lowest BCUT2D eigenvalue weighted by atomic mass is 9.65. The van der Waals surface area contributed by atoms with Gasteiger partial charge in [-0.05, 0) is 18.1 Å². The van der Waals surface area contributed by atoms with Crippen molar-refractivity contribution in [2.75, 3.05) is 6.61 Å².